The minimum absolute atomic E-state index is 0.350. The van der Waals surface area contributed by atoms with Crippen molar-refractivity contribution in [3.63, 3.8) is 0 Å². The van der Waals surface area contributed by atoms with Crippen LogP contribution in [-0.2, 0) is 23.0 Å². The molecule has 1 saturated heterocycles. The van der Waals surface area contributed by atoms with Gasteiger partial charge in [0.05, 0.1) is 11.4 Å². The second-order valence-corrected chi connectivity index (χ2v) is 4.31. The van der Waals surface area contributed by atoms with Crippen molar-refractivity contribution >= 4 is 15.9 Å². The molecule has 0 saturated carbocycles. The van der Waals surface area contributed by atoms with Gasteiger partial charge < -0.3 is 9.30 Å². The predicted octanol–water partition coefficient (Wildman–Crippen LogP) is 1.91. The summed E-state index contributed by atoms with van der Waals surface area (Å²) in [6.45, 7) is 3.95. The average molecular weight is 274 g/mol. The van der Waals surface area contributed by atoms with E-state index >= 15 is 0 Å². The van der Waals surface area contributed by atoms with Gasteiger partial charge in [0.2, 0.25) is 0 Å². The highest BCUT2D eigenvalue weighted by atomic mass is 79.9. The van der Waals surface area contributed by atoms with Crippen LogP contribution < -0.4 is 0 Å². The van der Waals surface area contributed by atoms with E-state index in [2.05, 4.69) is 37.6 Å². The Labute approximate surface area is 98.2 Å². The van der Waals surface area contributed by atoms with E-state index in [0.29, 0.717) is 6.10 Å². The number of nitrogens with zero attached hydrogens (tertiary/aromatic N) is 3. The third-order valence-electron chi connectivity index (χ3n) is 2.77. The van der Waals surface area contributed by atoms with Crippen LogP contribution >= 0.6 is 15.9 Å². The largest absolute Gasteiger partial charge is 0.378 e. The molecule has 0 aliphatic carbocycles. The topological polar surface area (TPSA) is 39.9 Å². The maximum atomic E-state index is 5.61. The Morgan fingerprint density at radius 3 is 2.87 bits per heavy atom. The lowest BCUT2D eigenvalue weighted by Crippen LogP contribution is -2.14. The van der Waals surface area contributed by atoms with E-state index in [4.69, 9.17) is 4.74 Å². The van der Waals surface area contributed by atoms with Crippen LogP contribution in [0.4, 0.5) is 0 Å². The molecular weight excluding hydrogens is 258 g/mol. The maximum Gasteiger partial charge on any atom is 0.143 e. The summed E-state index contributed by atoms with van der Waals surface area (Å²) in [4.78, 5) is 0. The van der Waals surface area contributed by atoms with E-state index in [1.165, 1.54) is 6.42 Å². The van der Waals surface area contributed by atoms with Crippen molar-refractivity contribution in [1.82, 2.24) is 14.8 Å². The minimum atomic E-state index is 0.350. The van der Waals surface area contributed by atoms with Crippen LogP contribution in [0, 0.1) is 0 Å². The van der Waals surface area contributed by atoms with Crippen LogP contribution in [0.2, 0.25) is 0 Å². The first kappa shape index (κ1) is 11.1. The van der Waals surface area contributed by atoms with Crippen molar-refractivity contribution in [3.8, 4) is 0 Å². The fourth-order valence-electron chi connectivity index (χ4n) is 2.00. The molecule has 1 aromatic rings. The number of hydrogen-bond acceptors (Lipinski definition) is 3. The first-order valence-corrected chi connectivity index (χ1v) is 6.55. The highest BCUT2D eigenvalue weighted by molar-refractivity contribution is 9.08. The van der Waals surface area contributed by atoms with Gasteiger partial charge in [0.15, 0.2) is 0 Å². The number of aromatic nitrogens is 3. The molecule has 5 heteroatoms. The molecule has 1 aliphatic rings. The lowest BCUT2D eigenvalue weighted by molar-refractivity contribution is 0.109. The molecule has 0 N–H and O–H groups in total. The summed E-state index contributed by atoms with van der Waals surface area (Å²) < 4.78 is 7.77. The van der Waals surface area contributed by atoms with Crippen LogP contribution in [0.1, 0.15) is 31.4 Å². The Hall–Kier alpha value is -0.420. The van der Waals surface area contributed by atoms with Gasteiger partial charge >= 0.3 is 0 Å². The van der Waals surface area contributed by atoms with E-state index in [1.807, 2.05) is 0 Å². The zero-order valence-corrected chi connectivity index (χ0v) is 10.5. The third kappa shape index (κ3) is 2.39. The lowest BCUT2D eigenvalue weighted by Gasteiger charge is -2.10. The molecule has 1 aliphatic heterocycles. The second-order valence-electron chi connectivity index (χ2n) is 3.75. The van der Waals surface area contributed by atoms with Crippen LogP contribution in [0.5, 0.6) is 0 Å². The molecule has 1 unspecified atom stereocenters. The monoisotopic (exact) mass is 273 g/mol. The highest BCUT2D eigenvalue weighted by Crippen LogP contribution is 2.17. The zero-order valence-electron chi connectivity index (χ0n) is 8.95. The lowest BCUT2D eigenvalue weighted by atomic mass is 10.2. The summed E-state index contributed by atoms with van der Waals surface area (Å²) in [7, 11) is 0. The van der Waals surface area contributed by atoms with Gasteiger partial charge in [-0.2, -0.15) is 0 Å². The standard InChI is InChI=1S/C10H16BrN3O/c1-2-14-9(12-13-10(14)7-11)6-8-4-3-5-15-8/h8H,2-7H2,1H3. The fraction of sp³-hybridized carbons (Fsp3) is 0.800. The summed E-state index contributed by atoms with van der Waals surface area (Å²) in [6.07, 6.45) is 3.58. The number of alkyl halides is 1. The summed E-state index contributed by atoms with van der Waals surface area (Å²) >= 11 is 3.42. The van der Waals surface area contributed by atoms with Gasteiger partial charge in [-0.25, -0.2) is 0 Å². The van der Waals surface area contributed by atoms with E-state index in [-0.39, 0.29) is 0 Å². The summed E-state index contributed by atoms with van der Waals surface area (Å²) in [5.41, 5.74) is 0. The molecule has 1 fully saturated rings. The molecule has 0 bridgehead atoms. The molecule has 0 spiro atoms. The van der Waals surface area contributed by atoms with Crippen LogP contribution in [0.15, 0.2) is 0 Å². The smallest absolute Gasteiger partial charge is 0.143 e. The maximum absolute atomic E-state index is 5.61. The molecule has 0 radical (unpaired) electrons. The Balaban J connectivity index is 2.09. The van der Waals surface area contributed by atoms with Crippen molar-refractivity contribution in [2.24, 2.45) is 0 Å². The van der Waals surface area contributed by atoms with Gasteiger partial charge in [0, 0.05) is 19.6 Å². The number of rotatable bonds is 4. The summed E-state index contributed by atoms with van der Waals surface area (Å²) in [5.74, 6) is 2.06. The Bertz CT molecular complexity index is 320. The molecule has 0 amide bonds. The van der Waals surface area contributed by atoms with E-state index in [0.717, 1.165) is 43.0 Å². The summed E-state index contributed by atoms with van der Waals surface area (Å²) in [5, 5.41) is 9.15. The molecule has 84 valence electrons. The minimum Gasteiger partial charge on any atom is -0.378 e. The van der Waals surface area contributed by atoms with E-state index < -0.39 is 0 Å². The quantitative estimate of drug-likeness (QED) is 0.787. The molecule has 1 atom stereocenters. The molecule has 15 heavy (non-hydrogen) atoms. The Kier molecular flexibility index (Phi) is 3.75. The second kappa shape index (κ2) is 5.07. The Morgan fingerprint density at radius 1 is 1.47 bits per heavy atom. The zero-order chi connectivity index (χ0) is 10.7. The third-order valence-corrected chi connectivity index (χ3v) is 3.28. The van der Waals surface area contributed by atoms with Crippen molar-refractivity contribution in [2.45, 2.75) is 44.2 Å². The molecule has 0 aromatic carbocycles. The molecule has 1 aromatic heterocycles. The normalized spacial score (nSPS) is 21.1. The van der Waals surface area contributed by atoms with Crippen LogP contribution in [0.3, 0.4) is 0 Å². The van der Waals surface area contributed by atoms with E-state index in [1.54, 1.807) is 0 Å². The van der Waals surface area contributed by atoms with Crippen molar-refractivity contribution in [2.75, 3.05) is 6.61 Å². The highest BCUT2D eigenvalue weighted by Gasteiger charge is 2.19. The van der Waals surface area contributed by atoms with Gasteiger partial charge in [0.1, 0.15) is 11.6 Å². The number of ether oxygens (including phenoxy) is 1. The molecule has 4 nitrogen and oxygen atoms in total. The fourth-order valence-corrected chi connectivity index (χ4v) is 2.41. The van der Waals surface area contributed by atoms with Gasteiger partial charge in [-0.1, -0.05) is 15.9 Å². The van der Waals surface area contributed by atoms with Crippen LogP contribution in [-0.4, -0.2) is 27.5 Å². The Morgan fingerprint density at radius 2 is 2.27 bits per heavy atom. The van der Waals surface area contributed by atoms with Gasteiger partial charge in [-0.3, -0.25) is 0 Å². The predicted molar refractivity (Wildman–Crippen MR) is 61.0 cm³/mol. The first-order valence-electron chi connectivity index (χ1n) is 5.43. The molecular formula is C10H16BrN3O. The number of hydrogen-bond donors (Lipinski definition) is 0. The average Bonchev–Trinajstić information content (AvgIpc) is 2.87. The van der Waals surface area contributed by atoms with Gasteiger partial charge in [-0.15, -0.1) is 10.2 Å². The van der Waals surface area contributed by atoms with Crippen molar-refractivity contribution < 1.29 is 4.74 Å². The summed E-state index contributed by atoms with van der Waals surface area (Å²) in [6, 6.07) is 0. The molecule has 2 heterocycles. The SMILES string of the molecule is CCn1c(CBr)nnc1CC1CCCO1. The van der Waals surface area contributed by atoms with Crippen LogP contribution in [0.25, 0.3) is 0 Å². The van der Waals surface area contributed by atoms with Crippen molar-refractivity contribution in [1.29, 1.82) is 0 Å². The first-order chi connectivity index (χ1) is 7.35. The van der Waals surface area contributed by atoms with Gasteiger partial charge in [0.25, 0.3) is 0 Å². The molecule has 2 rings (SSSR count). The van der Waals surface area contributed by atoms with E-state index in [9.17, 15) is 0 Å². The number of halogens is 1. The van der Waals surface area contributed by atoms with Crippen molar-refractivity contribution in [3.05, 3.63) is 11.6 Å². The van der Waals surface area contributed by atoms with Gasteiger partial charge in [-0.05, 0) is 19.8 Å².